The predicted molar refractivity (Wildman–Crippen MR) is 96.9 cm³/mol. The number of rotatable bonds is 10. The molecule has 0 bridgehead atoms. The minimum Gasteiger partial charge on any atom is -0.394 e. The maximum Gasteiger partial charge on any atom is 0.367 e. The lowest BCUT2D eigenvalue weighted by molar-refractivity contribution is -0.172. The zero-order valence-corrected chi connectivity index (χ0v) is 15.7. The van der Waals surface area contributed by atoms with Crippen LogP contribution in [-0.2, 0) is 28.3 Å². The average molecular weight is 410 g/mol. The van der Waals surface area contributed by atoms with Gasteiger partial charge in [-0.3, -0.25) is 14.2 Å². The number of nitrogens with one attached hydrogen (secondary N) is 1. The molecule has 0 aromatic heterocycles. The van der Waals surface area contributed by atoms with E-state index < -0.39 is 25.3 Å². The molecular formula is C17H19N2O8P. The summed E-state index contributed by atoms with van der Waals surface area (Å²) in [6.07, 6.45) is 5.27. The van der Waals surface area contributed by atoms with Gasteiger partial charge in [0.05, 0.1) is 32.0 Å². The van der Waals surface area contributed by atoms with E-state index in [1.165, 1.54) is 24.3 Å². The zero-order chi connectivity index (χ0) is 20.6. The van der Waals surface area contributed by atoms with Crippen LogP contribution in [0, 0.1) is 12.1 Å². The maximum atomic E-state index is 12.5. The Bertz CT molecular complexity index is 801. The van der Waals surface area contributed by atoms with Crippen molar-refractivity contribution in [3.05, 3.63) is 29.8 Å². The van der Waals surface area contributed by atoms with Gasteiger partial charge in [-0.05, 0) is 24.3 Å². The first-order valence-corrected chi connectivity index (χ1v) is 9.88. The van der Waals surface area contributed by atoms with Gasteiger partial charge in [-0.1, -0.05) is 0 Å². The van der Waals surface area contributed by atoms with E-state index >= 15 is 0 Å². The van der Waals surface area contributed by atoms with Crippen molar-refractivity contribution in [3.63, 3.8) is 0 Å². The average Bonchev–Trinajstić information content (AvgIpc) is 3.00. The highest BCUT2D eigenvalue weighted by atomic mass is 31.2. The Morgan fingerprint density at radius 1 is 1.18 bits per heavy atom. The van der Waals surface area contributed by atoms with E-state index in [0.717, 1.165) is 0 Å². The predicted octanol–water partition coefficient (Wildman–Crippen LogP) is 1.13. The fourth-order valence-corrected chi connectivity index (χ4v) is 3.16. The first-order chi connectivity index (χ1) is 13.4. The fourth-order valence-electron chi connectivity index (χ4n) is 2.14. The van der Waals surface area contributed by atoms with Gasteiger partial charge in [0, 0.05) is 24.2 Å². The van der Waals surface area contributed by atoms with Gasteiger partial charge in [0.1, 0.15) is 0 Å². The topological polar surface area (TPSA) is 131 Å². The maximum absolute atomic E-state index is 12.5. The molecule has 2 N–H and O–H groups in total. The standard InChI is InChI=1S/C17H19N2O8P/c1-2-28(24,26-12-11-25-10-9-20)18-14-5-3-13(4-6-14)17(23)27-19-15(21)7-8-16(19)22/h1,3-6,20H,7-12H2,(H,18,24). The summed E-state index contributed by atoms with van der Waals surface area (Å²) in [5.41, 5.74) is 2.45. The molecule has 2 amide bonds. The number of hydroxylamine groups is 2. The molecule has 0 saturated carbocycles. The van der Waals surface area contributed by atoms with Gasteiger partial charge in [-0.15, -0.1) is 11.5 Å². The second-order valence-corrected chi connectivity index (χ2v) is 7.34. The number of carbonyl (C=O) groups is 3. The summed E-state index contributed by atoms with van der Waals surface area (Å²) in [6, 6.07) is 5.53. The third-order valence-electron chi connectivity index (χ3n) is 3.48. The smallest absolute Gasteiger partial charge is 0.367 e. The van der Waals surface area contributed by atoms with Crippen LogP contribution in [0.15, 0.2) is 24.3 Å². The van der Waals surface area contributed by atoms with Crippen molar-refractivity contribution in [2.75, 3.05) is 31.5 Å². The molecule has 11 heteroatoms. The molecule has 0 radical (unpaired) electrons. The highest BCUT2D eigenvalue weighted by Crippen LogP contribution is 2.45. The number of aliphatic hydroxyl groups is 1. The normalized spacial score (nSPS) is 15.8. The zero-order valence-electron chi connectivity index (χ0n) is 14.8. The highest BCUT2D eigenvalue weighted by Gasteiger charge is 2.33. The second kappa shape index (κ2) is 10.0. The molecule has 1 aliphatic rings. The van der Waals surface area contributed by atoms with Gasteiger partial charge < -0.3 is 24.3 Å². The Labute approximate surface area is 161 Å². The molecule has 28 heavy (non-hydrogen) atoms. The molecule has 150 valence electrons. The van der Waals surface area contributed by atoms with Crippen LogP contribution in [0.25, 0.3) is 0 Å². The number of carbonyl (C=O) groups excluding carboxylic acids is 3. The van der Waals surface area contributed by atoms with Crippen LogP contribution in [0.5, 0.6) is 0 Å². The molecule has 1 aromatic rings. The Morgan fingerprint density at radius 2 is 1.82 bits per heavy atom. The van der Waals surface area contributed by atoms with E-state index in [2.05, 4.69) is 10.7 Å². The summed E-state index contributed by atoms with van der Waals surface area (Å²) < 4.78 is 22.6. The first kappa shape index (κ1) is 21.6. The van der Waals surface area contributed by atoms with Gasteiger partial charge in [0.25, 0.3) is 11.8 Å². The lowest BCUT2D eigenvalue weighted by Gasteiger charge is -2.16. The molecule has 1 atom stereocenters. The third kappa shape index (κ3) is 5.90. The summed E-state index contributed by atoms with van der Waals surface area (Å²) in [7, 11) is -3.63. The molecule has 1 saturated heterocycles. The van der Waals surface area contributed by atoms with Crippen molar-refractivity contribution in [2.45, 2.75) is 12.8 Å². The van der Waals surface area contributed by atoms with Gasteiger partial charge in [-0.25, -0.2) is 4.79 Å². The molecule has 1 heterocycles. The largest absolute Gasteiger partial charge is 0.394 e. The van der Waals surface area contributed by atoms with E-state index in [-0.39, 0.29) is 44.8 Å². The molecular weight excluding hydrogens is 391 g/mol. The van der Waals surface area contributed by atoms with E-state index in [9.17, 15) is 18.9 Å². The van der Waals surface area contributed by atoms with E-state index in [1.54, 1.807) is 0 Å². The summed E-state index contributed by atoms with van der Waals surface area (Å²) in [6.45, 7) is 0.0483. The van der Waals surface area contributed by atoms with Crippen molar-refractivity contribution in [3.8, 4) is 12.1 Å². The lowest BCUT2D eigenvalue weighted by atomic mass is 10.2. The van der Waals surface area contributed by atoms with Gasteiger partial charge in [0.15, 0.2) is 0 Å². The van der Waals surface area contributed by atoms with Crippen LogP contribution in [0.1, 0.15) is 23.2 Å². The number of hydrogen-bond donors (Lipinski definition) is 2. The van der Waals surface area contributed by atoms with Crippen molar-refractivity contribution in [1.82, 2.24) is 5.06 Å². The molecule has 10 nitrogen and oxygen atoms in total. The molecule has 0 spiro atoms. The molecule has 1 aromatic carbocycles. The first-order valence-electron chi connectivity index (χ1n) is 8.26. The number of amides is 2. The highest BCUT2D eigenvalue weighted by molar-refractivity contribution is 7.65. The molecule has 0 aliphatic carbocycles. The second-order valence-electron chi connectivity index (χ2n) is 5.50. The van der Waals surface area contributed by atoms with Gasteiger partial charge in [-0.2, -0.15) is 0 Å². The minimum atomic E-state index is -3.63. The summed E-state index contributed by atoms with van der Waals surface area (Å²) in [5, 5.41) is 11.6. The van der Waals surface area contributed by atoms with E-state index in [0.29, 0.717) is 10.8 Å². The SMILES string of the molecule is C#CP(=O)(Nc1ccc(C(=O)ON2C(=O)CCC2=O)cc1)OCCOCCO. The van der Waals surface area contributed by atoms with Crippen LogP contribution in [0.3, 0.4) is 0 Å². The summed E-state index contributed by atoms with van der Waals surface area (Å²) in [4.78, 5) is 39.8. The quantitative estimate of drug-likeness (QED) is 0.252. The lowest BCUT2D eigenvalue weighted by Crippen LogP contribution is -2.32. The van der Waals surface area contributed by atoms with Crippen molar-refractivity contribution in [1.29, 1.82) is 0 Å². The van der Waals surface area contributed by atoms with Crippen LogP contribution < -0.4 is 5.09 Å². The van der Waals surface area contributed by atoms with Gasteiger partial charge in [0.2, 0.25) is 0 Å². The number of imide groups is 1. The van der Waals surface area contributed by atoms with Crippen LogP contribution in [0.4, 0.5) is 5.69 Å². The Kier molecular flexibility index (Phi) is 7.72. The molecule has 1 unspecified atom stereocenters. The number of benzene rings is 1. The summed E-state index contributed by atoms with van der Waals surface area (Å²) >= 11 is 0. The number of nitrogens with zero attached hydrogens (tertiary/aromatic N) is 1. The third-order valence-corrected chi connectivity index (χ3v) is 4.92. The van der Waals surface area contributed by atoms with E-state index in [4.69, 9.17) is 25.6 Å². The number of hydrogen-bond acceptors (Lipinski definition) is 8. The monoisotopic (exact) mass is 410 g/mol. The molecule has 2 rings (SSSR count). The van der Waals surface area contributed by atoms with Crippen LogP contribution >= 0.6 is 7.52 Å². The van der Waals surface area contributed by atoms with Crippen LogP contribution in [-0.4, -0.2) is 54.4 Å². The number of terminal acetylenes is 1. The van der Waals surface area contributed by atoms with Crippen molar-refractivity contribution >= 4 is 31.0 Å². The summed E-state index contributed by atoms with van der Waals surface area (Å²) in [5.74, 6) is -2.04. The van der Waals surface area contributed by atoms with Crippen molar-refractivity contribution in [2.24, 2.45) is 0 Å². The van der Waals surface area contributed by atoms with Crippen molar-refractivity contribution < 1.29 is 38.2 Å². The Morgan fingerprint density at radius 3 is 2.39 bits per heavy atom. The van der Waals surface area contributed by atoms with Gasteiger partial charge >= 0.3 is 13.5 Å². The number of ether oxygens (including phenoxy) is 1. The minimum absolute atomic E-state index is 0.00137. The van der Waals surface area contributed by atoms with Crippen LogP contribution in [0.2, 0.25) is 0 Å². The Balaban J connectivity index is 1.92. The molecule has 1 aliphatic heterocycles. The van der Waals surface area contributed by atoms with E-state index in [1.807, 2.05) is 0 Å². The number of aliphatic hydroxyl groups excluding tert-OH is 1. The molecule has 1 fully saturated rings. The fraction of sp³-hybridized carbons (Fsp3) is 0.353. The Hall–Kier alpha value is -2.70. The number of anilines is 1.